The summed E-state index contributed by atoms with van der Waals surface area (Å²) in [6.45, 7) is 4.34. The lowest BCUT2D eigenvalue weighted by Gasteiger charge is -2.29. The summed E-state index contributed by atoms with van der Waals surface area (Å²) < 4.78 is 57.7. The van der Waals surface area contributed by atoms with Crippen molar-refractivity contribution in [2.24, 2.45) is 0 Å². The van der Waals surface area contributed by atoms with Crippen molar-refractivity contribution in [1.29, 1.82) is 0 Å². The standard InChI is InChI=1S/C26H26N4O4S2/c1-18-8-10-21(17-23(18)25-12-9-20-6-3-4-7-24(20)28-25)29-35(31,32)26-13-11-22(16-19(26)2)30-15-5-14-27-36(30,33)34/h3-4,6-13,16-17,27,29H,5,14-15H2,1-2H3. The van der Waals surface area contributed by atoms with Crippen LogP contribution in [0.3, 0.4) is 0 Å². The van der Waals surface area contributed by atoms with Crippen LogP contribution >= 0.6 is 0 Å². The molecule has 0 unspecified atom stereocenters. The molecule has 4 aromatic rings. The van der Waals surface area contributed by atoms with E-state index in [9.17, 15) is 16.8 Å². The number of aromatic nitrogens is 1. The van der Waals surface area contributed by atoms with Crippen LogP contribution in [0.5, 0.6) is 0 Å². The van der Waals surface area contributed by atoms with Gasteiger partial charge >= 0.3 is 10.2 Å². The fourth-order valence-electron chi connectivity index (χ4n) is 4.37. The molecule has 36 heavy (non-hydrogen) atoms. The minimum absolute atomic E-state index is 0.0829. The first-order valence-electron chi connectivity index (χ1n) is 11.5. The predicted octanol–water partition coefficient (Wildman–Crippen LogP) is 4.36. The molecular formula is C26H26N4O4S2. The Bertz CT molecular complexity index is 1690. The van der Waals surface area contributed by atoms with Gasteiger partial charge in [-0.3, -0.25) is 9.03 Å². The van der Waals surface area contributed by atoms with Crippen LogP contribution in [0.4, 0.5) is 11.4 Å². The third-order valence-corrected chi connectivity index (χ3v) is 9.30. The molecule has 1 saturated heterocycles. The highest BCUT2D eigenvalue weighted by molar-refractivity contribution is 7.92. The van der Waals surface area contributed by atoms with Crippen molar-refractivity contribution in [2.45, 2.75) is 25.2 Å². The summed E-state index contributed by atoms with van der Waals surface area (Å²) in [5.74, 6) is 0. The molecule has 1 aromatic heterocycles. The van der Waals surface area contributed by atoms with Gasteiger partial charge < -0.3 is 0 Å². The molecule has 0 bridgehead atoms. The Hall–Kier alpha value is -3.47. The van der Waals surface area contributed by atoms with E-state index in [2.05, 4.69) is 9.44 Å². The average Bonchev–Trinajstić information content (AvgIpc) is 2.84. The van der Waals surface area contributed by atoms with Crippen LogP contribution in [0.1, 0.15) is 17.5 Å². The molecule has 1 aliphatic rings. The summed E-state index contributed by atoms with van der Waals surface area (Å²) in [7, 11) is -7.55. The van der Waals surface area contributed by atoms with Gasteiger partial charge in [-0.25, -0.2) is 13.4 Å². The minimum Gasteiger partial charge on any atom is -0.280 e. The summed E-state index contributed by atoms with van der Waals surface area (Å²) in [4.78, 5) is 4.83. The molecular weight excluding hydrogens is 496 g/mol. The van der Waals surface area contributed by atoms with Crippen LogP contribution < -0.4 is 13.7 Å². The first-order chi connectivity index (χ1) is 17.1. The number of anilines is 2. The molecule has 8 nitrogen and oxygen atoms in total. The van der Waals surface area contributed by atoms with Gasteiger partial charge in [0.1, 0.15) is 0 Å². The molecule has 3 aromatic carbocycles. The molecule has 186 valence electrons. The molecule has 0 atom stereocenters. The highest BCUT2D eigenvalue weighted by Crippen LogP contribution is 2.30. The van der Waals surface area contributed by atoms with E-state index in [0.717, 1.165) is 27.7 Å². The fraction of sp³-hybridized carbons (Fsp3) is 0.192. The van der Waals surface area contributed by atoms with Crippen LogP contribution in [0.15, 0.2) is 77.7 Å². The summed E-state index contributed by atoms with van der Waals surface area (Å²) in [5, 5.41) is 1.03. The van der Waals surface area contributed by atoms with Gasteiger partial charge in [0, 0.05) is 29.7 Å². The molecule has 2 heterocycles. The van der Waals surface area contributed by atoms with E-state index in [4.69, 9.17) is 4.98 Å². The maximum Gasteiger partial charge on any atom is 0.301 e. The third-order valence-electron chi connectivity index (χ3n) is 6.21. The number of pyridine rings is 1. The molecule has 0 amide bonds. The van der Waals surface area contributed by atoms with Gasteiger partial charge in [0.2, 0.25) is 0 Å². The topological polar surface area (TPSA) is 108 Å². The van der Waals surface area contributed by atoms with Gasteiger partial charge in [-0.15, -0.1) is 0 Å². The molecule has 1 aliphatic heterocycles. The average molecular weight is 523 g/mol. The Kier molecular flexibility index (Phi) is 6.19. The number of hydrogen-bond donors (Lipinski definition) is 2. The van der Waals surface area contributed by atoms with Crippen molar-refractivity contribution in [3.8, 4) is 11.3 Å². The van der Waals surface area contributed by atoms with Crippen LogP contribution in [-0.4, -0.2) is 34.9 Å². The van der Waals surface area contributed by atoms with Gasteiger partial charge in [0.15, 0.2) is 0 Å². The highest BCUT2D eigenvalue weighted by Gasteiger charge is 2.27. The minimum atomic E-state index is -3.92. The Balaban J connectivity index is 1.45. The summed E-state index contributed by atoms with van der Waals surface area (Å²) in [5.41, 5.74) is 4.71. The van der Waals surface area contributed by atoms with E-state index >= 15 is 0 Å². The van der Waals surface area contributed by atoms with E-state index in [1.54, 1.807) is 25.1 Å². The van der Waals surface area contributed by atoms with Crippen molar-refractivity contribution in [3.63, 3.8) is 0 Å². The van der Waals surface area contributed by atoms with Crippen molar-refractivity contribution >= 4 is 42.5 Å². The number of sulfonamides is 1. The smallest absolute Gasteiger partial charge is 0.280 e. The summed E-state index contributed by atoms with van der Waals surface area (Å²) >= 11 is 0. The third kappa shape index (κ3) is 4.67. The lowest BCUT2D eigenvalue weighted by atomic mass is 10.0. The van der Waals surface area contributed by atoms with Crippen LogP contribution in [0.25, 0.3) is 22.2 Å². The number of hydrogen-bond acceptors (Lipinski definition) is 5. The molecule has 5 rings (SSSR count). The number of fused-ring (bicyclic) bond motifs is 1. The lowest BCUT2D eigenvalue weighted by Crippen LogP contribution is -2.47. The van der Waals surface area contributed by atoms with Crippen molar-refractivity contribution in [3.05, 3.63) is 83.9 Å². The van der Waals surface area contributed by atoms with Crippen molar-refractivity contribution in [2.75, 3.05) is 22.1 Å². The quantitative estimate of drug-likeness (QED) is 0.405. The van der Waals surface area contributed by atoms with Crippen molar-refractivity contribution in [1.82, 2.24) is 9.71 Å². The monoisotopic (exact) mass is 522 g/mol. The fourth-order valence-corrected chi connectivity index (χ4v) is 6.96. The van der Waals surface area contributed by atoms with E-state index in [1.165, 1.54) is 16.4 Å². The van der Waals surface area contributed by atoms with E-state index in [-0.39, 0.29) is 4.90 Å². The molecule has 2 N–H and O–H groups in total. The zero-order valence-electron chi connectivity index (χ0n) is 19.9. The van der Waals surface area contributed by atoms with Crippen LogP contribution in [0.2, 0.25) is 0 Å². The Morgan fingerprint density at radius 2 is 1.75 bits per heavy atom. The maximum atomic E-state index is 13.3. The van der Waals surface area contributed by atoms with Gasteiger partial charge in [0.05, 0.1) is 21.8 Å². The SMILES string of the molecule is Cc1ccc(NS(=O)(=O)c2ccc(N3CCCNS3(=O)=O)cc2C)cc1-c1ccc2ccccc2n1. The Morgan fingerprint density at radius 3 is 2.53 bits per heavy atom. The maximum absolute atomic E-state index is 13.3. The van der Waals surface area contributed by atoms with Gasteiger partial charge in [-0.05, 0) is 73.9 Å². The van der Waals surface area contributed by atoms with Crippen LogP contribution in [0, 0.1) is 13.8 Å². The lowest BCUT2D eigenvalue weighted by molar-refractivity contribution is 0.560. The number of benzene rings is 3. The molecule has 0 spiro atoms. The zero-order chi connectivity index (χ0) is 25.5. The number of aryl methyl sites for hydroxylation is 2. The molecule has 1 fully saturated rings. The molecule has 0 radical (unpaired) electrons. The zero-order valence-corrected chi connectivity index (χ0v) is 21.5. The number of nitrogens with one attached hydrogen (secondary N) is 2. The molecule has 0 saturated carbocycles. The number of para-hydroxylation sites is 1. The van der Waals surface area contributed by atoms with Crippen LogP contribution in [-0.2, 0) is 20.2 Å². The number of nitrogens with zero attached hydrogens (tertiary/aromatic N) is 2. The van der Waals surface area contributed by atoms with Crippen molar-refractivity contribution < 1.29 is 16.8 Å². The van der Waals surface area contributed by atoms with Gasteiger partial charge in [-0.1, -0.05) is 30.3 Å². The first-order valence-corrected chi connectivity index (χ1v) is 14.4. The Morgan fingerprint density at radius 1 is 0.944 bits per heavy atom. The van der Waals surface area contributed by atoms with Gasteiger partial charge in [0.25, 0.3) is 10.0 Å². The highest BCUT2D eigenvalue weighted by atomic mass is 32.2. The largest absolute Gasteiger partial charge is 0.301 e. The second kappa shape index (κ2) is 9.20. The summed E-state index contributed by atoms with van der Waals surface area (Å²) in [6, 6.07) is 21.6. The van der Waals surface area contributed by atoms with Gasteiger partial charge in [-0.2, -0.15) is 13.1 Å². The van der Waals surface area contributed by atoms with E-state index < -0.39 is 20.2 Å². The Labute approximate surface area is 211 Å². The second-order valence-corrected chi connectivity index (χ2v) is 12.1. The predicted molar refractivity (Wildman–Crippen MR) is 143 cm³/mol. The molecule has 0 aliphatic carbocycles. The summed E-state index contributed by atoms with van der Waals surface area (Å²) in [6.07, 6.45) is 0.668. The van der Waals surface area contributed by atoms with E-state index in [1.807, 2.05) is 49.4 Å². The normalized spacial score (nSPS) is 15.7. The second-order valence-electron chi connectivity index (χ2n) is 8.80. The molecule has 10 heteroatoms. The number of rotatable bonds is 5. The van der Waals surface area contributed by atoms with E-state index in [0.29, 0.717) is 36.4 Å². The first kappa shape index (κ1) is 24.2.